The molecule has 49 heavy (non-hydrogen) atoms. The van der Waals surface area contributed by atoms with E-state index in [9.17, 15) is 60.7 Å². The molecule has 0 radical (unpaired) electrons. The second kappa shape index (κ2) is 16.7. The van der Waals surface area contributed by atoms with Crippen molar-refractivity contribution in [1.82, 2.24) is 10.6 Å². The molecule has 4 heterocycles. The molecule has 4 fully saturated rings. The van der Waals surface area contributed by atoms with E-state index in [0.717, 1.165) is 13.8 Å². The molecule has 4 saturated heterocycles. The van der Waals surface area contributed by atoms with Crippen LogP contribution in [-0.2, 0) is 42.7 Å². The molecule has 4 rings (SSSR count). The van der Waals surface area contributed by atoms with Crippen LogP contribution in [-0.4, -0.2) is 199 Å². The predicted octanol–water partition coefficient (Wildman–Crippen LogP) is -7.41. The van der Waals surface area contributed by atoms with Gasteiger partial charge in [0.25, 0.3) is 0 Å². The van der Waals surface area contributed by atoms with Crippen LogP contribution < -0.4 is 10.6 Å². The van der Waals surface area contributed by atoms with E-state index in [0.29, 0.717) is 0 Å². The zero-order valence-electron chi connectivity index (χ0n) is 27.1. The summed E-state index contributed by atoms with van der Waals surface area (Å²) >= 11 is 0. The number of aliphatic hydroxyl groups excluding tert-OH is 10. The summed E-state index contributed by atoms with van der Waals surface area (Å²) in [5.74, 6) is -1.39. The molecular weight excluding hydrogens is 668 g/mol. The molecule has 0 bridgehead atoms. The van der Waals surface area contributed by atoms with Gasteiger partial charge in [0.2, 0.25) is 11.8 Å². The molecule has 0 saturated carbocycles. The van der Waals surface area contributed by atoms with Gasteiger partial charge >= 0.3 is 0 Å². The molecule has 21 nitrogen and oxygen atoms in total. The van der Waals surface area contributed by atoms with Crippen LogP contribution in [0.1, 0.15) is 27.7 Å². The number of nitrogens with one attached hydrogen (secondary N) is 2. The Morgan fingerprint density at radius 2 is 1.08 bits per heavy atom. The SMILES string of the molecule is CC(=O)N[C@@H]1[C@@H](O[C@@H]2O[C@@H](C)[C@@H](O)[C@@H](O)[C@@H]2O)[C@H](O[C@@H]2O[C@H](CO)[C@@H](O)[C@H](O)[C@H]2NC(C)=O)[C@@H](CO[C@@H]2O[C@@H](C)[C@@H](O)[C@@H](O)[C@@H]2O)O[C@H]1O. The number of ether oxygens (including phenoxy) is 7. The molecule has 0 unspecified atom stereocenters. The van der Waals surface area contributed by atoms with E-state index >= 15 is 0 Å². The van der Waals surface area contributed by atoms with Gasteiger partial charge in [-0.05, 0) is 13.8 Å². The molecule has 4 aliphatic heterocycles. The maximum atomic E-state index is 12.3. The highest BCUT2D eigenvalue weighted by Gasteiger charge is 2.55. The summed E-state index contributed by atoms with van der Waals surface area (Å²) in [6, 6.07) is -3.03. The minimum atomic E-state index is -1.91. The van der Waals surface area contributed by atoms with Gasteiger partial charge in [0.15, 0.2) is 25.2 Å². The lowest BCUT2D eigenvalue weighted by Gasteiger charge is -2.50. The molecule has 0 aromatic rings. The van der Waals surface area contributed by atoms with Gasteiger partial charge in [-0.1, -0.05) is 0 Å². The van der Waals surface area contributed by atoms with Gasteiger partial charge in [0.05, 0.1) is 25.4 Å². The molecule has 0 aromatic carbocycles. The summed E-state index contributed by atoms with van der Waals surface area (Å²) in [6.45, 7) is 3.54. The maximum absolute atomic E-state index is 12.3. The average molecular weight is 717 g/mol. The zero-order valence-corrected chi connectivity index (χ0v) is 27.1. The first kappa shape index (κ1) is 40.0. The lowest BCUT2D eigenvalue weighted by molar-refractivity contribution is -0.368. The number of aliphatic hydroxyl groups is 10. The fraction of sp³-hybridized carbons (Fsp3) is 0.929. The van der Waals surface area contributed by atoms with Crippen molar-refractivity contribution >= 4 is 11.8 Å². The quantitative estimate of drug-likeness (QED) is 0.0999. The summed E-state index contributed by atoms with van der Waals surface area (Å²) in [4.78, 5) is 24.4. The first-order valence-corrected chi connectivity index (χ1v) is 15.8. The lowest BCUT2D eigenvalue weighted by atomic mass is 9.93. The molecule has 21 heteroatoms. The van der Waals surface area contributed by atoms with E-state index in [2.05, 4.69) is 10.6 Å². The minimum absolute atomic E-state index is 0.649. The van der Waals surface area contributed by atoms with Crippen LogP contribution in [0.15, 0.2) is 0 Å². The van der Waals surface area contributed by atoms with Crippen molar-refractivity contribution in [2.45, 2.75) is 150 Å². The molecule has 0 aliphatic carbocycles. The second-order valence-corrected chi connectivity index (χ2v) is 12.6. The Hall–Kier alpha value is -1.74. The Bertz CT molecular complexity index is 1110. The fourth-order valence-corrected chi connectivity index (χ4v) is 6.13. The van der Waals surface area contributed by atoms with E-state index in [-0.39, 0.29) is 0 Å². The molecule has 20 atom stereocenters. The van der Waals surface area contributed by atoms with Crippen molar-refractivity contribution in [1.29, 1.82) is 0 Å². The zero-order chi connectivity index (χ0) is 36.5. The highest BCUT2D eigenvalue weighted by molar-refractivity contribution is 5.73. The summed E-state index contributed by atoms with van der Waals surface area (Å²) in [5, 5.41) is 109. The van der Waals surface area contributed by atoms with Gasteiger partial charge in [-0.25, -0.2) is 0 Å². The van der Waals surface area contributed by atoms with E-state index in [1.165, 1.54) is 13.8 Å². The smallest absolute Gasteiger partial charge is 0.217 e. The number of hydrogen-bond donors (Lipinski definition) is 12. The molecule has 12 N–H and O–H groups in total. The summed E-state index contributed by atoms with van der Waals surface area (Å²) < 4.78 is 40.5. The van der Waals surface area contributed by atoms with Crippen molar-refractivity contribution in [3.8, 4) is 0 Å². The monoisotopic (exact) mass is 716 g/mol. The van der Waals surface area contributed by atoms with Crippen molar-refractivity contribution in [3.63, 3.8) is 0 Å². The van der Waals surface area contributed by atoms with E-state index in [1.54, 1.807) is 0 Å². The maximum Gasteiger partial charge on any atom is 0.217 e. The molecule has 284 valence electrons. The Labute approximate surface area is 280 Å². The van der Waals surface area contributed by atoms with E-state index < -0.39 is 148 Å². The first-order chi connectivity index (χ1) is 23.0. The average Bonchev–Trinajstić information content (AvgIpc) is 3.04. The van der Waals surface area contributed by atoms with Gasteiger partial charge < -0.3 is 94.9 Å². The summed E-state index contributed by atoms with van der Waals surface area (Å²) in [5.41, 5.74) is 0. The van der Waals surface area contributed by atoms with Crippen LogP contribution in [0.25, 0.3) is 0 Å². The lowest BCUT2D eigenvalue weighted by Crippen LogP contribution is -2.70. The second-order valence-electron chi connectivity index (χ2n) is 12.6. The Balaban J connectivity index is 1.72. The van der Waals surface area contributed by atoms with Crippen LogP contribution in [0, 0.1) is 0 Å². The number of amides is 2. The molecule has 2 amide bonds. The molecule has 0 spiro atoms. The largest absolute Gasteiger partial charge is 0.394 e. The normalized spacial score (nSPS) is 49.3. The Morgan fingerprint density at radius 1 is 0.571 bits per heavy atom. The topological polar surface area (TPSA) is 325 Å². The standard InChI is InChI=1S/C28H48N2O19/c1-7-15(34)19(38)21(40)27(44-7)43-6-12-23(48-26-13(29-9(3)32)18(37)17(36)11(5-31)47-26)24(14(25(42)46-12)30-10(4)33)49-28-22(41)20(39)16(35)8(2)45-28/h7-8,11-28,31,34-42H,5-6H2,1-4H3,(H,29,32)(H,30,33)/t7-,8-,11+,12+,13+,14+,15+,16+,17+,18+,19+,20+,21-,22-,23+,24+,25+,26-,27+,28-/m0/s1. The minimum Gasteiger partial charge on any atom is -0.394 e. The first-order valence-electron chi connectivity index (χ1n) is 15.8. The Kier molecular flexibility index (Phi) is 13.7. The van der Waals surface area contributed by atoms with E-state index in [4.69, 9.17) is 33.2 Å². The van der Waals surface area contributed by atoms with Crippen LogP contribution in [0.2, 0.25) is 0 Å². The van der Waals surface area contributed by atoms with Crippen LogP contribution in [0.4, 0.5) is 0 Å². The van der Waals surface area contributed by atoms with Crippen LogP contribution in [0.5, 0.6) is 0 Å². The van der Waals surface area contributed by atoms with Gasteiger partial charge in [0, 0.05) is 13.8 Å². The van der Waals surface area contributed by atoms with Crippen molar-refractivity contribution < 1.29 is 93.8 Å². The molecule has 4 aliphatic rings. The van der Waals surface area contributed by atoms with Crippen LogP contribution >= 0.6 is 0 Å². The third-order valence-corrected chi connectivity index (χ3v) is 8.91. The third-order valence-electron chi connectivity index (χ3n) is 8.91. The van der Waals surface area contributed by atoms with Gasteiger partial charge in [-0.3, -0.25) is 9.59 Å². The summed E-state index contributed by atoms with van der Waals surface area (Å²) in [6.07, 6.45) is -28.8. The molecular formula is C28H48N2O19. The highest BCUT2D eigenvalue weighted by atomic mass is 16.8. The number of carbonyl (C=O) groups excluding carboxylic acids is 2. The predicted molar refractivity (Wildman–Crippen MR) is 154 cm³/mol. The van der Waals surface area contributed by atoms with Gasteiger partial charge in [0.1, 0.15) is 85.3 Å². The fourth-order valence-electron chi connectivity index (χ4n) is 6.13. The number of rotatable bonds is 10. The van der Waals surface area contributed by atoms with Gasteiger partial charge in [-0.2, -0.15) is 0 Å². The van der Waals surface area contributed by atoms with Crippen LogP contribution in [0.3, 0.4) is 0 Å². The van der Waals surface area contributed by atoms with Crippen molar-refractivity contribution in [2.24, 2.45) is 0 Å². The Morgan fingerprint density at radius 3 is 1.63 bits per heavy atom. The highest BCUT2D eigenvalue weighted by Crippen LogP contribution is 2.34. The van der Waals surface area contributed by atoms with E-state index in [1.807, 2.05) is 0 Å². The van der Waals surface area contributed by atoms with Gasteiger partial charge in [-0.15, -0.1) is 0 Å². The number of hydrogen-bond acceptors (Lipinski definition) is 19. The summed E-state index contributed by atoms with van der Waals surface area (Å²) in [7, 11) is 0. The van der Waals surface area contributed by atoms with Crippen molar-refractivity contribution in [2.75, 3.05) is 13.2 Å². The van der Waals surface area contributed by atoms with Crippen molar-refractivity contribution in [3.05, 3.63) is 0 Å². The number of carbonyl (C=O) groups is 2. The third kappa shape index (κ3) is 8.84. The molecule has 0 aromatic heterocycles.